The van der Waals surface area contributed by atoms with E-state index in [-0.39, 0.29) is 5.54 Å². The summed E-state index contributed by atoms with van der Waals surface area (Å²) in [5, 5.41) is 3.39. The second-order valence-corrected chi connectivity index (χ2v) is 3.82. The van der Waals surface area contributed by atoms with Crippen LogP contribution in [0.15, 0.2) is 0 Å². The van der Waals surface area contributed by atoms with Gasteiger partial charge in [-0.3, -0.25) is 4.79 Å². The third-order valence-electron chi connectivity index (χ3n) is 3.02. The summed E-state index contributed by atoms with van der Waals surface area (Å²) in [6.45, 7) is 2.20. The van der Waals surface area contributed by atoms with Gasteiger partial charge in [0, 0.05) is 18.4 Å². The van der Waals surface area contributed by atoms with Crippen LogP contribution in [0.3, 0.4) is 0 Å². The van der Waals surface area contributed by atoms with Crippen molar-refractivity contribution in [1.29, 1.82) is 0 Å². The molecule has 2 heteroatoms. The molecule has 0 aromatic heterocycles. The first-order chi connectivity index (χ1) is 5.72. The zero-order valence-corrected chi connectivity index (χ0v) is 8.15. The van der Waals surface area contributed by atoms with Crippen LogP contribution < -0.4 is 5.32 Å². The molecule has 1 saturated carbocycles. The molecular formula is C10H19NO. The molecular weight excluding hydrogens is 150 g/mol. The Balaban J connectivity index is 2.50. The molecule has 0 amide bonds. The molecule has 2 nitrogen and oxygen atoms in total. The number of ketones is 1. The van der Waals surface area contributed by atoms with Gasteiger partial charge in [-0.2, -0.15) is 0 Å². The molecule has 1 aliphatic carbocycles. The zero-order chi connectivity index (χ0) is 9.03. The van der Waals surface area contributed by atoms with Gasteiger partial charge in [0.1, 0.15) is 5.78 Å². The molecule has 0 aromatic carbocycles. The second kappa shape index (κ2) is 4.04. The molecule has 0 radical (unpaired) electrons. The van der Waals surface area contributed by atoms with Crippen LogP contribution in [0, 0.1) is 0 Å². The lowest BCUT2D eigenvalue weighted by atomic mass is 9.78. The van der Waals surface area contributed by atoms with Crippen molar-refractivity contribution in [2.24, 2.45) is 0 Å². The number of hydrogen-bond donors (Lipinski definition) is 1. The Kier molecular flexibility index (Phi) is 3.27. The Morgan fingerprint density at radius 3 is 2.42 bits per heavy atom. The first-order valence-corrected chi connectivity index (χ1v) is 4.93. The minimum Gasteiger partial charge on any atom is -0.314 e. The van der Waals surface area contributed by atoms with Crippen molar-refractivity contribution >= 4 is 5.78 Å². The molecule has 70 valence electrons. The van der Waals surface area contributed by atoms with Crippen LogP contribution in [0.4, 0.5) is 0 Å². The van der Waals surface area contributed by atoms with Gasteiger partial charge in [0.15, 0.2) is 0 Å². The predicted molar refractivity (Wildman–Crippen MR) is 50.2 cm³/mol. The Labute approximate surface area is 74.7 Å². The van der Waals surface area contributed by atoms with E-state index in [2.05, 4.69) is 12.2 Å². The van der Waals surface area contributed by atoms with Crippen LogP contribution in [0.2, 0.25) is 0 Å². The second-order valence-electron chi connectivity index (χ2n) is 3.82. The molecule has 0 saturated heterocycles. The van der Waals surface area contributed by atoms with E-state index in [4.69, 9.17) is 0 Å². The van der Waals surface area contributed by atoms with Gasteiger partial charge in [0.2, 0.25) is 0 Å². The van der Waals surface area contributed by atoms with Gasteiger partial charge in [-0.15, -0.1) is 0 Å². The van der Waals surface area contributed by atoms with Crippen LogP contribution in [-0.4, -0.2) is 18.4 Å². The summed E-state index contributed by atoms with van der Waals surface area (Å²) in [6, 6.07) is 0. The van der Waals surface area contributed by atoms with E-state index in [9.17, 15) is 4.79 Å². The molecule has 0 aliphatic heterocycles. The molecule has 0 spiro atoms. The summed E-state index contributed by atoms with van der Waals surface area (Å²) >= 11 is 0. The molecule has 12 heavy (non-hydrogen) atoms. The summed E-state index contributed by atoms with van der Waals surface area (Å²) in [7, 11) is 2.02. The number of Topliss-reactive ketones (excluding diaryl/α,β-unsaturated/α-hetero) is 1. The van der Waals surface area contributed by atoms with E-state index in [1.165, 1.54) is 12.8 Å². The summed E-state index contributed by atoms with van der Waals surface area (Å²) < 4.78 is 0. The third-order valence-corrected chi connectivity index (χ3v) is 3.02. The summed E-state index contributed by atoms with van der Waals surface area (Å²) in [5.41, 5.74) is 0.280. The topological polar surface area (TPSA) is 29.1 Å². The molecule has 1 N–H and O–H groups in total. The fourth-order valence-corrected chi connectivity index (χ4v) is 2.11. The minimum absolute atomic E-state index is 0.280. The van der Waals surface area contributed by atoms with E-state index >= 15 is 0 Å². The van der Waals surface area contributed by atoms with E-state index in [1.807, 2.05) is 7.05 Å². The lowest BCUT2D eigenvalue weighted by Gasteiger charge is -2.36. The number of carbonyl (C=O) groups excluding carboxylic acids is 1. The van der Waals surface area contributed by atoms with Crippen molar-refractivity contribution in [2.45, 2.75) is 51.0 Å². The number of hydrogen-bond acceptors (Lipinski definition) is 2. The lowest BCUT2D eigenvalue weighted by Crippen LogP contribution is -2.45. The fourth-order valence-electron chi connectivity index (χ4n) is 2.11. The van der Waals surface area contributed by atoms with E-state index in [0.717, 1.165) is 25.7 Å². The van der Waals surface area contributed by atoms with Crippen LogP contribution in [0.25, 0.3) is 0 Å². The lowest BCUT2D eigenvalue weighted by molar-refractivity contribution is -0.121. The van der Waals surface area contributed by atoms with Crippen molar-refractivity contribution in [3.05, 3.63) is 0 Å². The third kappa shape index (κ3) is 2.07. The predicted octanol–water partition coefficient (Wildman–Crippen LogP) is 1.89. The molecule has 0 aromatic rings. The van der Waals surface area contributed by atoms with Crippen molar-refractivity contribution in [3.8, 4) is 0 Å². The molecule has 1 rings (SSSR count). The van der Waals surface area contributed by atoms with Gasteiger partial charge in [-0.1, -0.05) is 13.3 Å². The Bertz CT molecular complexity index is 155. The monoisotopic (exact) mass is 169 g/mol. The smallest absolute Gasteiger partial charge is 0.133 e. The Morgan fingerprint density at radius 1 is 1.42 bits per heavy atom. The number of nitrogens with one attached hydrogen (secondary N) is 1. The highest BCUT2D eigenvalue weighted by molar-refractivity contribution is 5.79. The highest BCUT2D eigenvalue weighted by Crippen LogP contribution is 2.29. The largest absolute Gasteiger partial charge is 0.314 e. The molecule has 0 unspecified atom stereocenters. The highest BCUT2D eigenvalue weighted by Gasteiger charge is 2.31. The maximum atomic E-state index is 11.0. The highest BCUT2D eigenvalue weighted by atomic mass is 16.1. The maximum absolute atomic E-state index is 11.0. The van der Waals surface area contributed by atoms with Crippen LogP contribution in [-0.2, 0) is 4.79 Å². The van der Waals surface area contributed by atoms with Crippen LogP contribution >= 0.6 is 0 Å². The van der Waals surface area contributed by atoms with Crippen molar-refractivity contribution in [1.82, 2.24) is 5.32 Å². The van der Waals surface area contributed by atoms with Crippen molar-refractivity contribution < 1.29 is 4.79 Å². The molecule has 1 aliphatic rings. The Hall–Kier alpha value is -0.370. The first-order valence-electron chi connectivity index (χ1n) is 4.93. The fraction of sp³-hybridized carbons (Fsp3) is 0.900. The van der Waals surface area contributed by atoms with Crippen molar-refractivity contribution in [2.75, 3.05) is 7.05 Å². The molecule has 0 heterocycles. The zero-order valence-electron chi connectivity index (χ0n) is 8.15. The normalized spacial score (nSPS) is 22.7. The van der Waals surface area contributed by atoms with Gasteiger partial charge in [0.05, 0.1) is 0 Å². The quantitative estimate of drug-likeness (QED) is 0.699. The SMILES string of the molecule is CCCC1(NC)CCC(=O)CC1. The Morgan fingerprint density at radius 2 is 2.00 bits per heavy atom. The van der Waals surface area contributed by atoms with E-state index in [1.54, 1.807) is 0 Å². The summed E-state index contributed by atoms with van der Waals surface area (Å²) in [5.74, 6) is 0.442. The van der Waals surface area contributed by atoms with Gasteiger partial charge < -0.3 is 5.32 Å². The molecule has 0 atom stereocenters. The summed E-state index contributed by atoms with van der Waals surface area (Å²) in [4.78, 5) is 11.0. The molecule has 0 bridgehead atoms. The molecule has 1 fully saturated rings. The van der Waals surface area contributed by atoms with Gasteiger partial charge in [0.25, 0.3) is 0 Å². The summed E-state index contributed by atoms with van der Waals surface area (Å²) in [6.07, 6.45) is 6.04. The number of carbonyl (C=O) groups is 1. The van der Waals surface area contributed by atoms with Crippen LogP contribution in [0.5, 0.6) is 0 Å². The van der Waals surface area contributed by atoms with Crippen LogP contribution in [0.1, 0.15) is 45.4 Å². The van der Waals surface area contributed by atoms with Crippen molar-refractivity contribution in [3.63, 3.8) is 0 Å². The standard InChI is InChI=1S/C10H19NO/c1-3-6-10(11-2)7-4-9(12)5-8-10/h11H,3-8H2,1-2H3. The first kappa shape index (κ1) is 9.72. The van der Waals surface area contributed by atoms with Gasteiger partial charge in [-0.05, 0) is 26.3 Å². The average Bonchev–Trinajstić information content (AvgIpc) is 2.10. The maximum Gasteiger partial charge on any atom is 0.133 e. The average molecular weight is 169 g/mol. The van der Waals surface area contributed by atoms with E-state index in [0.29, 0.717) is 5.78 Å². The minimum atomic E-state index is 0.280. The van der Waals surface area contributed by atoms with Gasteiger partial charge >= 0.3 is 0 Å². The number of rotatable bonds is 3. The van der Waals surface area contributed by atoms with Gasteiger partial charge in [-0.25, -0.2) is 0 Å². The van der Waals surface area contributed by atoms with E-state index < -0.39 is 0 Å².